The van der Waals surface area contributed by atoms with Crippen LogP contribution >= 0.6 is 0 Å². The molecule has 0 unspecified atom stereocenters. The molecule has 0 fully saturated rings. The number of benzene rings is 10. The van der Waals surface area contributed by atoms with E-state index in [4.69, 9.17) is 21.5 Å². The van der Waals surface area contributed by atoms with E-state index < -0.39 is 0 Å². The highest BCUT2D eigenvalue weighted by Crippen LogP contribution is 2.42. The first-order chi connectivity index (χ1) is 36.5. The Hall–Kier alpha value is -10.7. The summed E-state index contributed by atoms with van der Waals surface area (Å²) in [6, 6.07) is 82.1. The van der Waals surface area contributed by atoms with Crippen molar-refractivity contribution in [3.8, 4) is 91.1 Å². The molecule has 342 valence electrons. The molecule has 10 aromatic carbocycles. The summed E-state index contributed by atoms with van der Waals surface area (Å²) < 4.78 is 4.57. The molecule has 3 aromatic heterocycles. The first kappa shape index (κ1) is 43.3. The minimum atomic E-state index is 0.438. The van der Waals surface area contributed by atoms with Gasteiger partial charge in [-0.1, -0.05) is 158 Å². The summed E-state index contributed by atoms with van der Waals surface area (Å²) in [7, 11) is 0. The molecule has 8 heteroatoms. The van der Waals surface area contributed by atoms with Crippen LogP contribution in [0.25, 0.3) is 127 Å². The van der Waals surface area contributed by atoms with E-state index in [2.05, 4.69) is 160 Å². The molecule has 0 radical (unpaired) electrons. The molecule has 8 nitrogen and oxygen atoms in total. The Balaban J connectivity index is 1.13. The number of aromatic nitrogens is 5. The van der Waals surface area contributed by atoms with Crippen molar-refractivity contribution < 1.29 is 0 Å². The summed E-state index contributed by atoms with van der Waals surface area (Å²) in [6.45, 7) is 7.87. The lowest BCUT2D eigenvalue weighted by atomic mass is 9.98. The fourth-order valence-corrected chi connectivity index (χ4v) is 10.4. The van der Waals surface area contributed by atoms with E-state index in [1.807, 2.05) is 97.1 Å². The minimum absolute atomic E-state index is 0.438. The van der Waals surface area contributed by atoms with Crippen molar-refractivity contribution in [1.29, 1.82) is 10.5 Å². The standard InChI is InChI=1S/C66H38N8/c1-69-50-18-13-17-46(37-50)48-33-35-63(74-60-26-10-6-22-54(60)55-23-7-11-27-61(55)74)57(39-48)66-71-64(44-30-28-43(29-31-44)51-19-3-2-15-49(51)41-68)70-65(72-66)56-38-47(45-16-12-14-42(36-45)40-67)32-34-62(56)73-58-24-8-4-20-52(58)53-21-5-9-25-59(53)73/h2-39H. The molecule has 0 aliphatic carbocycles. The first-order valence-electron chi connectivity index (χ1n) is 24.2. The second-order valence-corrected chi connectivity index (χ2v) is 18.1. The van der Waals surface area contributed by atoms with Crippen LogP contribution in [0.3, 0.4) is 0 Å². The Bertz CT molecular complexity index is 4190. The van der Waals surface area contributed by atoms with E-state index in [0.717, 1.165) is 105 Å². The van der Waals surface area contributed by atoms with E-state index >= 15 is 0 Å². The topological polar surface area (TPSA) is 100 Å². The monoisotopic (exact) mass is 942 g/mol. The number of hydrogen-bond donors (Lipinski definition) is 0. The maximum Gasteiger partial charge on any atom is 0.187 e. The van der Waals surface area contributed by atoms with Gasteiger partial charge in [0.05, 0.1) is 63.3 Å². The van der Waals surface area contributed by atoms with Crippen molar-refractivity contribution in [2.24, 2.45) is 0 Å². The summed E-state index contributed by atoms with van der Waals surface area (Å²) in [5, 5.41) is 24.5. The lowest BCUT2D eigenvalue weighted by Gasteiger charge is -2.18. The summed E-state index contributed by atoms with van der Waals surface area (Å²) in [5.74, 6) is 1.32. The average Bonchev–Trinajstić information content (AvgIpc) is 3.99. The van der Waals surface area contributed by atoms with Gasteiger partial charge in [-0.25, -0.2) is 19.8 Å². The largest absolute Gasteiger partial charge is 0.309 e. The van der Waals surface area contributed by atoms with Gasteiger partial charge in [0.15, 0.2) is 23.2 Å². The number of hydrogen-bond acceptors (Lipinski definition) is 5. The van der Waals surface area contributed by atoms with Crippen molar-refractivity contribution in [3.05, 3.63) is 253 Å². The number of nitriles is 2. The smallest absolute Gasteiger partial charge is 0.187 e. The quantitative estimate of drug-likeness (QED) is 0.141. The molecule has 0 saturated heterocycles. The molecular weight excluding hydrogens is 905 g/mol. The van der Waals surface area contributed by atoms with E-state index in [1.54, 1.807) is 0 Å². The Labute approximate surface area is 426 Å². The van der Waals surface area contributed by atoms with Gasteiger partial charge in [-0.3, -0.25) is 0 Å². The van der Waals surface area contributed by atoms with Gasteiger partial charge in [0, 0.05) is 38.2 Å². The molecule has 0 N–H and O–H groups in total. The van der Waals surface area contributed by atoms with Crippen LogP contribution in [0.15, 0.2) is 231 Å². The summed E-state index contributed by atoms with van der Waals surface area (Å²) >= 11 is 0. The summed E-state index contributed by atoms with van der Waals surface area (Å²) in [5.41, 5.74) is 15.1. The Morgan fingerprint density at radius 3 is 1.30 bits per heavy atom. The number of rotatable bonds is 8. The van der Waals surface area contributed by atoms with Gasteiger partial charge in [-0.2, -0.15) is 10.5 Å². The van der Waals surface area contributed by atoms with Crippen molar-refractivity contribution in [3.63, 3.8) is 0 Å². The maximum atomic E-state index is 10.0. The van der Waals surface area contributed by atoms with Crippen molar-refractivity contribution in [1.82, 2.24) is 24.1 Å². The van der Waals surface area contributed by atoms with Crippen LogP contribution in [-0.2, 0) is 0 Å². The SMILES string of the molecule is [C-]#[N+]c1cccc(-c2ccc(-n3c4ccccc4c4ccccc43)c(-c3nc(-c4ccc(-c5ccccc5C#N)cc4)nc(-c4cc(-c5cccc(C#N)c5)ccc4-n4c5ccccc5c5ccccc54)n3)c2)c1. The van der Waals surface area contributed by atoms with Crippen molar-refractivity contribution in [2.75, 3.05) is 0 Å². The van der Waals surface area contributed by atoms with Gasteiger partial charge >= 0.3 is 0 Å². The van der Waals surface area contributed by atoms with Gasteiger partial charge in [0.1, 0.15) is 0 Å². The molecular formula is C66H38N8. The number of nitrogens with zero attached hydrogens (tertiary/aromatic N) is 8. The third kappa shape index (κ3) is 7.33. The highest BCUT2D eigenvalue weighted by molar-refractivity contribution is 6.11. The van der Waals surface area contributed by atoms with Gasteiger partial charge < -0.3 is 9.13 Å². The second-order valence-electron chi connectivity index (χ2n) is 18.1. The lowest BCUT2D eigenvalue weighted by Crippen LogP contribution is -2.06. The van der Waals surface area contributed by atoms with Crippen LogP contribution in [0.1, 0.15) is 11.1 Å². The summed E-state index contributed by atoms with van der Waals surface area (Å²) in [6.07, 6.45) is 0. The van der Waals surface area contributed by atoms with Crippen LogP contribution in [0.5, 0.6) is 0 Å². The van der Waals surface area contributed by atoms with Gasteiger partial charge in [0.25, 0.3) is 0 Å². The Morgan fingerprint density at radius 1 is 0.351 bits per heavy atom. The highest BCUT2D eigenvalue weighted by Gasteiger charge is 2.24. The third-order valence-corrected chi connectivity index (χ3v) is 13.9. The molecule has 0 bridgehead atoms. The molecule has 0 saturated carbocycles. The maximum absolute atomic E-state index is 10.0. The molecule has 0 spiro atoms. The molecule has 13 aromatic rings. The van der Waals surface area contributed by atoms with Crippen molar-refractivity contribution in [2.45, 2.75) is 0 Å². The minimum Gasteiger partial charge on any atom is -0.309 e. The lowest BCUT2D eigenvalue weighted by molar-refractivity contribution is 1.06. The van der Waals surface area contributed by atoms with Gasteiger partial charge in [-0.05, 0) is 106 Å². The molecule has 0 atom stereocenters. The first-order valence-corrected chi connectivity index (χ1v) is 24.2. The van der Waals surface area contributed by atoms with E-state index in [9.17, 15) is 10.5 Å². The molecule has 0 aliphatic rings. The average molecular weight is 943 g/mol. The Morgan fingerprint density at radius 2 is 0.784 bits per heavy atom. The zero-order valence-electron chi connectivity index (χ0n) is 39.5. The summed E-state index contributed by atoms with van der Waals surface area (Å²) in [4.78, 5) is 20.3. The van der Waals surface area contributed by atoms with E-state index in [0.29, 0.717) is 34.3 Å². The number of fused-ring (bicyclic) bond motifs is 6. The predicted molar refractivity (Wildman–Crippen MR) is 297 cm³/mol. The molecule has 0 aliphatic heterocycles. The Kier molecular flexibility index (Phi) is 10.5. The highest BCUT2D eigenvalue weighted by atomic mass is 15.1. The van der Waals surface area contributed by atoms with E-state index in [1.165, 1.54) is 0 Å². The van der Waals surface area contributed by atoms with Gasteiger partial charge in [0.2, 0.25) is 0 Å². The fraction of sp³-hybridized carbons (Fsp3) is 0. The molecule has 0 amide bonds. The normalized spacial score (nSPS) is 11.2. The zero-order chi connectivity index (χ0) is 49.7. The zero-order valence-corrected chi connectivity index (χ0v) is 39.5. The molecule has 3 heterocycles. The van der Waals surface area contributed by atoms with Crippen LogP contribution < -0.4 is 0 Å². The molecule has 74 heavy (non-hydrogen) atoms. The third-order valence-electron chi connectivity index (χ3n) is 13.9. The number of para-hydroxylation sites is 4. The van der Waals surface area contributed by atoms with Crippen LogP contribution in [0.4, 0.5) is 5.69 Å². The van der Waals surface area contributed by atoms with Crippen LogP contribution in [-0.4, -0.2) is 24.1 Å². The molecule has 13 rings (SSSR count). The van der Waals surface area contributed by atoms with Crippen LogP contribution in [0.2, 0.25) is 0 Å². The van der Waals surface area contributed by atoms with Crippen LogP contribution in [0, 0.1) is 29.2 Å². The van der Waals surface area contributed by atoms with Crippen molar-refractivity contribution >= 4 is 49.3 Å². The predicted octanol–water partition coefficient (Wildman–Crippen LogP) is 16.4. The van der Waals surface area contributed by atoms with Gasteiger partial charge in [-0.15, -0.1) is 0 Å². The van der Waals surface area contributed by atoms with E-state index in [-0.39, 0.29) is 0 Å². The second kappa shape index (κ2) is 17.9. The fourth-order valence-electron chi connectivity index (χ4n) is 10.4.